The van der Waals surface area contributed by atoms with Crippen molar-refractivity contribution in [2.75, 3.05) is 39.1 Å². The molecule has 2 atom stereocenters. The van der Waals surface area contributed by atoms with Crippen LogP contribution in [0.4, 0.5) is 5.69 Å². The van der Waals surface area contributed by atoms with Gasteiger partial charge < -0.3 is 20.5 Å². The number of halogens is 1. The lowest BCUT2D eigenvalue weighted by atomic mass is 10.1. The standard InChI is InChI=1S/C16H22ClN3O3/c1-22-15-6-14(18)13(17)5-12(15)16(21)19-7-11-8-20-4-2-3-10(20)9-23-11/h5-6,10-11H,2-4,7-9,18H2,1H3,(H,19,21)/t10-,11+/m0/s1. The van der Waals surface area contributed by atoms with E-state index >= 15 is 0 Å². The molecule has 0 aromatic heterocycles. The van der Waals surface area contributed by atoms with Crippen LogP contribution in [0, 0.1) is 0 Å². The Bertz CT molecular complexity index is 596. The largest absolute Gasteiger partial charge is 0.496 e. The van der Waals surface area contributed by atoms with E-state index in [1.807, 2.05) is 0 Å². The van der Waals surface area contributed by atoms with Crippen molar-refractivity contribution >= 4 is 23.2 Å². The molecule has 3 N–H and O–H groups in total. The van der Waals surface area contributed by atoms with Gasteiger partial charge in [-0.3, -0.25) is 9.69 Å². The molecule has 6 nitrogen and oxygen atoms in total. The highest BCUT2D eigenvalue weighted by Crippen LogP contribution is 2.29. The molecular weight excluding hydrogens is 318 g/mol. The van der Waals surface area contributed by atoms with Crippen molar-refractivity contribution in [3.63, 3.8) is 0 Å². The van der Waals surface area contributed by atoms with E-state index < -0.39 is 0 Å². The van der Waals surface area contributed by atoms with Gasteiger partial charge >= 0.3 is 0 Å². The summed E-state index contributed by atoms with van der Waals surface area (Å²) in [6.07, 6.45) is 2.46. The van der Waals surface area contributed by atoms with E-state index in [0.717, 1.165) is 19.7 Å². The fourth-order valence-corrected chi connectivity index (χ4v) is 3.39. The predicted molar refractivity (Wildman–Crippen MR) is 89.1 cm³/mol. The third kappa shape index (κ3) is 3.54. The van der Waals surface area contributed by atoms with Crippen molar-refractivity contribution < 1.29 is 14.3 Å². The summed E-state index contributed by atoms with van der Waals surface area (Å²) in [7, 11) is 1.50. The van der Waals surface area contributed by atoms with Gasteiger partial charge in [-0.15, -0.1) is 0 Å². The van der Waals surface area contributed by atoms with Gasteiger partial charge in [0.2, 0.25) is 0 Å². The van der Waals surface area contributed by atoms with Gasteiger partial charge in [0, 0.05) is 25.2 Å². The Balaban J connectivity index is 1.60. The minimum atomic E-state index is -0.240. The average Bonchev–Trinajstić information content (AvgIpc) is 3.02. The number of methoxy groups -OCH3 is 1. The monoisotopic (exact) mass is 339 g/mol. The second-order valence-electron chi connectivity index (χ2n) is 6.03. The molecule has 2 aliphatic rings. The lowest BCUT2D eigenvalue weighted by Crippen LogP contribution is -2.50. The molecule has 1 aromatic rings. The molecule has 1 aromatic carbocycles. The number of morpholine rings is 1. The molecule has 7 heteroatoms. The second kappa shape index (κ2) is 6.95. The van der Waals surface area contributed by atoms with Crippen LogP contribution in [0.1, 0.15) is 23.2 Å². The van der Waals surface area contributed by atoms with Crippen LogP contribution in [0.25, 0.3) is 0 Å². The molecule has 2 saturated heterocycles. The van der Waals surface area contributed by atoms with Crippen LogP contribution in [-0.4, -0.2) is 56.3 Å². The van der Waals surface area contributed by atoms with Crippen LogP contribution in [0.3, 0.4) is 0 Å². The van der Waals surface area contributed by atoms with Gasteiger partial charge in [-0.25, -0.2) is 0 Å². The van der Waals surface area contributed by atoms with Gasteiger partial charge in [-0.1, -0.05) is 11.6 Å². The Kier molecular flexibility index (Phi) is 4.94. The summed E-state index contributed by atoms with van der Waals surface area (Å²) < 4.78 is 11.1. The Hall–Kier alpha value is -1.50. The zero-order valence-corrected chi connectivity index (χ0v) is 13.9. The number of amides is 1. The van der Waals surface area contributed by atoms with E-state index in [2.05, 4.69) is 10.2 Å². The summed E-state index contributed by atoms with van der Waals surface area (Å²) >= 11 is 6.00. The van der Waals surface area contributed by atoms with Crippen molar-refractivity contribution in [2.45, 2.75) is 25.0 Å². The summed E-state index contributed by atoms with van der Waals surface area (Å²) in [5.41, 5.74) is 6.50. The zero-order chi connectivity index (χ0) is 16.4. The molecule has 1 amide bonds. The topological polar surface area (TPSA) is 76.8 Å². The SMILES string of the molecule is COc1cc(N)c(Cl)cc1C(=O)NC[C@@H]1CN2CCC[C@H]2CO1. The van der Waals surface area contributed by atoms with E-state index in [-0.39, 0.29) is 12.0 Å². The fourth-order valence-electron chi connectivity index (χ4n) is 3.23. The highest BCUT2D eigenvalue weighted by molar-refractivity contribution is 6.33. The lowest BCUT2D eigenvalue weighted by molar-refractivity contribution is -0.0461. The molecule has 23 heavy (non-hydrogen) atoms. The molecule has 126 valence electrons. The molecule has 3 rings (SSSR count). The molecule has 0 aliphatic carbocycles. The zero-order valence-electron chi connectivity index (χ0n) is 13.2. The minimum Gasteiger partial charge on any atom is -0.496 e. The molecule has 2 aliphatic heterocycles. The number of anilines is 1. The number of hydrogen-bond donors (Lipinski definition) is 2. The van der Waals surface area contributed by atoms with Gasteiger partial charge in [-0.05, 0) is 25.5 Å². The number of hydrogen-bond acceptors (Lipinski definition) is 5. The first-order chi connectivity index (χ1) is 11.1. The summed E-state index contributed by atoms with van der Waals surface area (Å²) in [5, 5.41) is 3.24. The summed E-state index contributed by atoms with van der Waals surface area (Å²) in [6.45, 7) is 3.20. The molecule has 0 radical (unpaired) electrons. The molecule has 0 bridgehead atoms. The van der Waals surface area contributed by atoms with Gasteiger partial charge in [0.25, 0.3) is 5.91 Å². The van der Waals surface area contributed by atoms with Gasteiger partial charge in [0.05, 0.1) is 36.1 Å². The second-order valence-corrected chi connectivity index (χ2v) is 6.44. The molecule has 2 fully saturated rings. The number of fused-ring (bicyclic) bond motifs is 1. The van der Waals surface area contributed by atoms with Crippen LogP contribution in [-0.2, 0) is 4.74 Å². The number of nitrogen functional groups attached to an aromatic ring is 1. The number of carbonyl (C=O) groups excluding carboxylic acids is 1. The van der Waals surface area contributed by atoms with Crippen molar-refractivity contribution in [2.24, 2.45) is 0 Å². The Morgan fingerprint density at radius 2 is 2.39 bits per heavy atom. The van der Waals surface area contributed by atoms with E-state index in [1.165, 1.54) is 26.0 Å². The van der Waals surface area contributed by atoms with Crippen molar-refractivity contribution in [3.05, 3.63) is 22.7 Å². The molecular formula is C16H22ClN3O3. The highest BCUT2D eigenvalue weighted by Gasteiger charge is 2.32. The van der Waals surface area contributed by atoms with Gasteiger partial charge in [0.1, 0.15) is 5.75 Å². The van der Waals surface area contributed by atoms with Crippen molar-refractivity contribution in [1.82, 2.24) is 10.2 Å². The molecule has 0 unspecified atom stereocenters. The maximum atomic E-state index is 12.4. The number of carbonyl (C=O) groups is 1. The molecule has 0 spiro atoms. The van der Waals surface area contributed by atoms with E-state index in [4.69, 9.17) is 26.8 Å². The molecule has 2 heterocycles. The Labute approximate surface area is 140 Å². The number of nitrogens with two attached hydrogens (primary N) is 1. The average molecular weight is 340 g/mol. The smallest absolute Gasteiger partial charge is 0.255 e. The number of rotatable bonds is 4. The van der Waals surface area contributed by atoms with Crippen LogP contribution in [0.5, 0.6) is 5.75 Å². The van der Waals surface area contributed by atoms with Gasteiger partial charge in [0.15, 0.2) is 0 Å². The third-order valence-electron chi connectivity index (χ3n) is 4.52. The normalized spacial score (nSPS) is 24.3. The van der Waals surface area contributed by atoms with E-state index in [0.29, 0.717) is 34.6 Å². The van der Waals surface area contributed by atoms with Crippen LogP contribution < -0.4 is 15.8 Å². The van der Waals surface area contributed by atoms with Gasteiger partial charge in [-0.2, -0.15) is 0 Å². The Morgan fingerprint density at radius 3 is 3.17 bits per heavy atom. The number of nitrogens with one attached hydrogen (secondary N) is 1. The first-order valence-corrected chi connectivity index (χ1v) is 8.23. The van der Waals surface area contributed by atoms with Crippen LogP contribution in [0.2, 0.25) is 5.02 Å². The third-order valence-corrected chi connectivity index (χ3v) is 4.84. The van der Waals surface area contributed by atoms with Crippen LogP contribution in [0.15, 0.2) is 12.1 Å². The van der Waals surface area contributed by atoms with Crippen molar-refractivity contribution in [1.29, 1.82) is 0 Å². The van der Waals surface area contributed by atoms with E-state index in [1.54, 1.807) is 6.07 Å². The summed E-state index contributed by atoms with van der Waals surface area (Å²) in [4.78, 5) is 14.8. The first kappa shape index (κ1) is 16.4. The minimum absolute atomic E-state index is 0.0172. The maximum Gasteiger partial charge on any atom is 0.255 e. The van der Waals surface area contributed by atoms with Crippen LogP contribution >= 0.6 is 11.6 Å². The molecule has 0 saturated carbocycles. The quantitative estimate of drug-likeness (QED) is 0.813. The lowest BCUT2D eigenvalue weighted by Gasteiger charge is -2.35. The number of ether oxygens (including phenoxy) is 2. The summed E-state index contributed by atoms with van der Waals surface area (Å²) in [5.74, 6) is 0.171. The highest BCUT2D eigenvalue weighted by atomic mass is 35.5. The number of nitrogens with zero attached hydrogens (tertiary/aromatic N) is 1. The summed E-state index contributed by atoms with van der Waals surface area (Å²) in [6, 6.07) is 3.64. The van der Waals surface area contributed by atoms with E-state index in [9.17, 15) is 4.79 Å². The predicted octanol–water partition coefficient (Wildman–Crippen LogP) is 1.52. The van der Waals surface area contributed by atoms with Crippen molar-refractivity contribution in [3.8, 4) is 5.75 Å². The fraction of sp³-hybridized carbons (Fsp3) is 0.562. The Morgan fingerprint density at radius 1 is 1.57 bits per heavy atom. The first-order valence-electron chi connectivity index (χ1n) is 7.85. The maximum absolute atomic E-state index is 12.4. The number of benzene rings is 1.